The van der Waals surface area contributed by atoms with E-state index in [2.05, 4.69) is 33.6 Å². The van der Waals surface area contributed by atoms with Gasteiger partial charge in [-0.25, -0.2) is 4.98 Å². The molecule has 6 heteroatoms. The maximum atomic E-state index is 12.8. The Hall–Kier alpha value is -2.63. The lowest BCUT2D eigenvalue weighted by Gasteiger charge is -2.36. The standard InChI is InChI=1S/C20H24N4O2/c1-15-19-22-14-17(8-13-26-18-6-9-21-10-7-18)24(19)12-11-23(15)20(25)16-4-2-3-5-16/h2-3,6-7,9-10,14-16H,4-5,8,11-13H2,1H3/t15-/m1/s1. The first-order chi connectivity index (χ1) is 12.7. The monoisotopic (exact) mass is 352 g/mol. The second kappa shape index (κ2) is 7.32. The second-order valence-electron chi connectivity index (χ2n) is 6.89. The number of allylic oxidation sites excluding steroid dienone is 2. The van der Waals surface area contributed by atoms with Crippen LogP contribution in [0.4, 0.5) is 0 Å². The van der Waals surface area contributed by atoms with Gasteiger partial charge in [0.1, 0.15) is 11.6 Å². The lowest BCUT2D eigenvalue weighted by atomic mass is 10.0. The van der Waals surface area contributed by atoms with Crippen LogP contribution >= 0.6 is 0 Å². The third-order valence-corrected chi connectivity index (χ3v) is 5.29. The summed E-state index contributed by atoms with van der Waals surface area (Å²) in [6.07, 6.45) is 12.1. The van der Waals surface area contributed by atoms with E-state index in [0.717, 1.165) is 49.6 Å². The fourth-order valence-electron chi connectivity index (χ4n) is 3.82. The molecule has 2 aromatic heterocycles. The van der Waals surface area contributed by atoms with E-state index in [4.69, 9.17) is 4.74 Å². The predicted octanol–water partition coefficient (Wildman–Crippen LogP) is 2.77. The van der Waals surface area contributed by atoms with Gasteiger partial charge in [0.15, 0.2) is 0 Å². The first kappa shape index (κ1) is 16.8. The molecule has 4 rings (SSSR count). The van der Waals surface area contributed by atoms with Gasteiger partial charge in [-0.3, -0.25) is 9.78 Å². The number of aromatic nitrogens is 3. The smallest absolute Gasteiger partial charge is 0.226 e. The number of pyridine rings is 1. The molecule has 26 heavy (non-hydrogen) atoms. The van der Waals surface area contributed by atoms with E-state index in [0.29, 0.717) is 6.61 Å². The Morgan fingerprint density at radius 1 is 1.23 bits per heavy atom. The Labute approximate surface area is 153 Å². The molecule has 1 amide bonds. The molecule has 0 saturated carbocycles. The molecule has 2 aliphatic rings. The Bertz CT molecular complexity index is 791. The third-order valence-electron chi connectivity index (χ3n) is 5.29. The van der Waals surface area contributed by atoms with Gasteiger partial charge in [-0.15, -0.1) is 0 Å². The van der Waals surface area contributed by atoms with Crippen LogP contribution < -0.4 is 4.74 Å². The van der Waals surface area contributed by atoms with Gasteiger partial charge in [-0.2, -0.15) is 0 Å². The maximum absolute atomic E-state index is 12.8. The fraction of sp³-hybridized carbons (Fsp3) is 0.450. The van der Waals surface area contributed by atoms with Crippen LogP contribution in [0.5, 0.6) is 5.75 Å². The molecule has 2 aromatic rings. The minimum absolute atomic E-state index is 0.0201. The summed E-state index contributed by atoms with van der Waals surface area (Å²) in [7, 11) is 0. The quantitative estimate of drug-likeness (QED) is 0.777. The molecular weight excluding hydrogens is 328 g/mol. The van der Waals surface area contributed by atoms with E-state index in [-0.39, 0.29) is 17.9 Å². The maximum Gasteiger partial charge on any atom is 0.226 e. The van der Waals surface area contributed by atoms with Crippen LogP contribution in [-0.4, -0.2) is 38.5 Å². The molecule has 0 aromatic carbocycles. The topological polar surface area (TPSA) is 60.3 Å². The largest absolute Gasteiger partial charge is 0.493 e. The molecule has 0 spiro atoms. The molecule has 0 fully saturated rings. The summed E-state index contributed by atoms with van der Waals surface area (Å²) in [5.74, 6) is 2.19. The fourth-order valence-corrected chi connectivity index (χ4v) is 3.82. The van der Waals surface area contributed by atoms with Crippen molar-refractivity contribution in [1.29, 1.82) is 0 Å². The zero-order chi connectivity index (χ0) is 17.9. The number of hydrogen-bond donors (Lipinski definition) is 0. The summed E-state index contributed by atoms with van der Waals surface area (Å²) in [6.45, 7) is 4.23. The minimum Gasteiger partial charge on any atom is -0.493 e. The van der Waals surface area contributed by atoms with Crippen molar-refractivity contribution in [2.75, 3.05) is 13.2 Å². The zero-order valence-corrected chi connectivity index (χ0v) is 15.0. The second-order valence-corrected chi connectivity index (χ2v) is 6.89. The number of rotatable bonds is 5. The molecular formula is C20H24N4O2. The number of hydrogen-bond acceptors (Lipinski definition) is 4. The van der Waals surface area contributed by atoms with Crippen molar-refractivity contribution in [3.8, 4) is 5.75 Å². The van der Waals surface area contributed by atoms with Crippen molar-refractivity contribution in [1.82, 2.24) is 19.4 Å². The highest BCUT2D eigenvalue weighted by Crippen LogP contribution is 2.30. The molecule has 0 unspecified atom stereocenters. The van der Waals surface area contributed by atoms with Crippen molar-refractivity contribution in [2.45, 2.75) is 38.8 Å². The van der Waals surface area contributed by atoms with Crippen molar-refractivity contribution in [2.24, 2.45) is 5.92 Å². The van der Waals surface area contributed by atoms with Crippen molar-refractivity contribution >= 4 is 5.91 Å². The van der Waals surface area contributed by atoms with Crippen LogP contribution in [0.25, 0.3) is 0 Å². The molecule has 0 radical (unpaired) electrons. The van der Waals surface area contributed by atoms with Crippen LogP contribution in [0.2, 0.25) is 0 Å². The van der Waals surface area contributed by atoms with Crippen LogP contribution in [0, 0.1) is 5.92 Å². The van der Waals surface area contributed by atoms with Gasteiger partial charge in [0.2, 0.25) is 5.91 Å². The van der Waals surface area contributed by atoms with Gasteiger partial charge in [0.05, 0.1) is 12.6 Å². The number of imidazole rings is 1. The Morgan fingerprint density at radius 2 is 2.00 bits per heavy atom. The van der Waals surface area contributed by atoms with Gasteiger partial charge in [0.25, 0.3) is 0 Å². The van der Waals surface area contributed by atoms with Crippen LogP contribution in [0.15, 0.2) is 42.9 Å². The number of nitrogens with zero attached hydrogens (tertiary/aromatic N) is 4. The van der Waals surface area contributed by atoms with E-state index in [9.17, 15) is 4.79 Å². The molecule has 1 aliphatic heterocycles. The SMILES string of the molecule is C[C@@H]1c2ncc(CCOc3ccncc3)n2CCN1C(=O)C1CC=CC1. The van der Waals surface area contributed by atoms with Crippen molar-refractivity contribution in [3.05, 3.63) is 54.4 Å². The lowest BCUT2D eigenvalue weighted by Crippen LogP contribution is -2.44. The van der Waals surface area contributed by atoms with E-state index in [1.165, 1.54) is 0 Å². The van der Waals surface area contributed by atoms with Crippen LogP contribution in [0.1, 0.15) is 37.3 Å². The summed E-state index contributed by atoms with van der Waals surface area (Å²) < 4.78 is 8.02. The molecule has 1 atom stereocenters. The Balaban J connectivity index is 1.40. The van der Waals surface area contributed by atoms with Gasteiger partial charge in [-0.1, -0.05) is 12.2 Å². The number of fused-ring (bicyclic) bond motifs is 1. The highest BCUT2D eigenvalue weighted by atomic mass is 16.5. The van der Waals surface area contributed by atoms with Crippen LogP contribution in [-0.2, 0) is 17.8 Å². The molecule has 1 aliphatic carbocycles. The summed E-state index contributed by atoms with van der Waals surface area (Å²) >= 11 is 0. The summed E-state index contributed by atoms with van der Waals surface area (Å²) in [5, 5.41) is 0. The van der Waals surface area contributed by atoms with E-state index in [1.807, 2.05) is 23.2 Å². The first-order valence-electron chi connectivity index (χ1n) is 9.26. The van der Waals surface area contributed by atoms with Crippen LogP contribution in [0.3, 0.4) is 0 Å². The highest BCUT2D eigenvalue weighted by Gasteiger charge is 2.33. The summed E-state index contributed by atoms with van der Waals surface area (Å²) in [4.78, 5) is 23.4. The van der Waals surface area contributed by atoms with Gasteiger partial charge >= 0.3 is 0 Å². The van der Waals surface area contributed by atoms with E-state index < -0.39 is 0 Å². The van der Waals surface area contributed by atoms with E-state index in [1.54, 1.807) is 12.4 Å². The van der Waals surface area contributed by atoms with Gasteiger partial charge < -0.3 is 14.2 Å². The van der Waals surface area contributed by atoms with Gasteiger partial charge in [0, 0.05) is 49.7 Å². The first-order valence-corrected chi connectivity index (χ1v) is 9.26. The lowest BCUT2D eigenvalue weighted by molar-refractivity contribution is -0.138. The normalized spacial score (nSPS) is 19.6. The highest BCUT2D eigenvalue weighted by molar-refractivity contribution is 5.80. The average molecular weight is 352 g/mol. The number of amides is 1. The molecule has 3 heterocycles. The third kappa shape index (κ3) is 3.23. The van der Waals surface area contributed by atoms with E-state index >= 15 is 0 Å². The molecule has 0 N–H and O–H groups in total. The average Bonchev–Trinajstić information content (AvgIpc) is 3.33. The number of carbonyl (C=O) groups is 1. The molecule has 136 valence electrons. The predicted molar refractivity (Wildman–Crippen MR) is 97.7 cm³/mol. The zero-order valence-electron chi connectivity index (χ0n) is 15.0. The van der Waals surface area contributed by atoms with Crippen molar-refractivity contribution in [3.63, 3.8) is 0 Å². The number of ether oxygens (including phenoxy) is 1. The van der Waals surface area contributed by atoms with Gasteiger partial charge in [-0.05, 0) is 31.9 Å². The Morgan fingerprint density at radius 3 is 2.77 bits per heavy atom. The minimum atomic E-state index is 0.0201. The van der Waals surface area contributed by atoms with Crippen molar-refractivity contribution < 1.29 is 9.53 Å². The molecule has 0 bridgehead atoms. The molecule has 6 nitrogen and oxygen atoms in total. The summed E-state index contributed by atoms with van der Waals surface area (Å²) in [6, 6.07) is 3.73. The number of carbonyl (C=O) groups excluding carboxylic acids is 1. The molecule has 0 saturated heterocycles. The Kier molecular flexibility index (Phi) is 4.73. The summed E-state index contributed by atoms with van der Waals surface area (Å²) in [5.41, 5.74) is 1.16.